The number of halogens is 1. The van der Waals surface area contributed by atoms with Crippen LogP contribution in [-0.2, 0) is 9.84 Å². The number of carboxylic acid groups (broad SMARTS) is 1. The fourth-order valence-corrected chi connectivity index (χ4v) is 3.51. The highest BCUT2D eigenvalue weighted by Crippen LogP contribution is 2.24. The number of carbonyl (C=O) groups is 1. The zero-order valence-electron chi connectivity index (χ0n) is 11.8. The smallest absolute Gasteiger partial charge is 0.339 e. The van der Waals surface area contributed by atoms with Gasteiger partial charge in [-0.1, -0.05) is 23.7 Å². The first-order chi connectivity index (χ1) is 10.8. The van der Waals surface area contributed by atoms with Gasteiger partial charge in [-0.05, 0) is 30.3 Å². The number of ether oxygens (including phenoxy) is 1. The van der Waals surface area contributed by atoms with Gasteiger partial charge in [-0.3, -0.25) is 0 Å². The van der Waals surface area contributed by atoms with E-state index in [2.05, 4.69) is 0 Å². The molecule has 2 aromatic rings. The Balaban J connectivity index is 2.07. The van der Waals surface area contributed by atoms with Gasteiger partial charge in [0.1, 0.15) is 23.7 Å². The summed E-state index contributed by atoms with van der Waals surface area (Å²) in [6, 6.07) is 9.72. The Bertz CT molecular complexity index is 832. The van der Waals surface area contributed by atoms with Crippen LogP contribution < -0.4 is 4.74 Å². The second kappa shape index (κ2) is 6.89. The number of hydrogen-bond donors (Lipinski definition) is 2. The molecule has 0 unspecified atom stereocenters. The second-order valence-corrected chi connectivity index (χ2v) is 7.07. The lowest BCUT2D eigenvalue weighted by Crippen LogP contribution is -2.14. The lowest BCUT2D eigenvalue weighted by molar-refractivity contribution is 0.0693. The van der Waals surface area contributed by atoms with Crippen molar-refractivity contribution in [3.63, 3.8) is 0 Å². The molecule has 122 valence electrons. The fraction of sp³-hybridized carbons (Fsp3) is 0.133. The largest absolute Gasteiger partial charge is 0.507 e. The maximum Gasteiger partial charge on any atom is 0.339 e. The van der Waals surface area contributed by atoms with E-state index in [9.17, 15) is 18.3 Å². The van der Waals surface area contributed by atoms with E-state index >= 15 is 0 Å². The number of carboxylic acids is 1. The molecule has 0 saturated heterocycles. The third kappa shape index (κ3) is 4.14. The molecule has 0 aliphatic rings. The first kappa shape index (κ1) is 17.1. The molecule has 0 fully saturated rings. The van der Waals surface area contributed by atoms with Crippen LogP contribution in [-0.4, -0.2) is 37.0 Å². The summed E-state index contributed by atoms with van der Waals surface area (Å²) in [5.41, 5.74) is -0.323. The number of phenols is 1. The van der Waals surface area contributed by atoms with Crippen LogP contribution in [0.15, 0.2) is 47.4 Å². The number of rotatable bonds is 6. The number of benzene rings is 2. The van der Waals surface area contributed by atoms with E-state index in [1.54, 1.807) is 12.1 Å². The van der Waals surface area contributed by atoms with Crippen molar-refractivity contribution in [3.05, 3.63) is 53.1 Å². The van der Waals surface area contributed by atoms with Gasteiger partial charge in [-0.15, -0.1) is 0 Å². The van der Waals surface area contributed by atoms with E-state index in [1.165, 1.54) is 24.3 Å². The first-order valence-corrected chi connectivity index (χ1v) is 8.50. The van der Waals surface area contributed by atoms with Crippen molar-refractivity contribution in [2.45, 2.75) is 4.90 Å². The summed E-state index contributed by atoms with van der Waals surface area (Å²) < 4.78 is 29.6. The highest BCUT2D eigenvalue weighted by molar-refractivity contribution is 7.91. The maximum atomic E-state index is 12.2. The number of sulfone groups is 1. The highest BCUT2D eigenvalue weighted by Gasteiger charge is 2.18. The zero-order chi connectivity index (χ0) is 17.0. The van der Waals surface area contributed by atoms with Gasteiger partial charge in [0, 0.05) is 0 Å². The first-order valence-electron chi connectivity index (χ1n) is 6.47. The monoisotopic (exact) mass is 356 g/mol. The van der Waals surface area contributed by atoms with Gasteiger partial charge in [0.25, 0.3) is 0 Å². The molecular weight excluding hydrogens is 344 g/mol. The lowest BCUT2D eigenvalue weighted by atomic mass is 10.2. The van der Waals surface area contributed by atoms with Gasteiger partial charge < -0.3 is 14.9 Å². The van der Waals surface area contributed by atoms with Crippen molar-refractivity contribution in [2.75, 3.05) is 12.4 Å². The number of hydrogen-bond acceptors (Lipinski definition) is 5. The Morgan fingerprint density at radius 1 is 1.17 bits per heavy atom. The predicted molar refractivity (Wildman–Crippen MR) is 84.1 cm³/mol. The summed E-state index contributed by atoms with van der Waals surface area (Å²) in [6.45, 7) is -0.183. The van der Waals surface area contributed by atoms with Crippen LogP contribution in [0.1, 0.15) is 10.4 Å². The van der Waals surface area contributed by atoms with E-state index in [1.807, 2.05) is 0 Å². The number of aromatic carboxylic acids is 1. The van der Waals surface area contributed by atoms with Crippen LogP contribution in [0.25, 0.3) is 0 Å². The van der Waals surface area contributed by atoms with Gasteiger partial charge in [-0.2, -0.15) is 0 Å². The zero-order valence-corrected chi connectivity index (χ0v) is 13.3. The molecule has 2 N–H and O–H groups in total. The molecule has 0 bridgehead atoms. The summed E-state index contributed by atoms with van der Waals surface area (Å²) in [7, 11) is -3.62. The van der Waals surface area contributed by atoms with Gasteiger partial charge in [0.2, 0.25) is 0 Å². The second-order valence-electron chi connectivity index (χ2n) is 4.58. The Kier molecular flexibility index (Phi) is 5.12. The molecule has 0 atom stereocenters. The van der Waals surface area contributed by atoms with Crippen LogP contribution in [0.3, 0.4) is 0 Å². The molecule has 0 spiro atoms. The van der Waals surface area contributed by atoms with E-state index in [4.69, 9.17) is 21.4 Å². The van der Waals surface area contributed by atoms with Crippen molar-refractivity contribution < 1.29 is 28.2 Å². The summed E-state index contributed by atoms with van der Waals surface area (Å²) >= 11 is 5.86. The van der Waals surface area contributed by atoms with Crippen LogP contribution in [0, 0.1) is 0 Å². The van der Waals surface area contributed by atoms with Gasteiger partial charge >= 0.3 is 5.97 Å². The van der Waals surface area contributed by atoms with Crippen LogP contribution in [0.4, 0.5) is 0 Å². The minimum Gasteiger partial charge on any atom is -0.507 e. The van der Waals surface area contributed by atoms with Gasteiger partial charge in [0.05, 0.1) is 15.7 Å². The predicted octanol–water partition coefficient (Wildman–Crippen LogP) is 2.60. The third-order valence-electron chi connectivity index (χ3n) is 2.99. The van der Waals surface area contributed by atoms with Gasteiger partial charge in [0.15, 0.2) is 9.84 Å². The quantitative estimate of drug-likeness (QED) is 0.825. The Labute approximate surface area is 137 Å². The average molecular weight is 357 g/mol. The van der Waals surface area contributed by atoms with E-state index in [0.29, 0.717) is 0 Å². The SMILES string of the molecule is O=C(O)c1cc(OCCS(=O)(=O)c2ccccc2Cl)ccc1O. The summed E-state index contributed by atoms with van der Waals surface area (Å²) in [4.78, 5) is 10.9. The molecule has 0 radical (unpaired) electrons. The molecule has 2 rings (SSSR count). The minimum atomic E-state index is -3.62. The minimum absolute atomic E-state index is 0.0159. The van der Waals surface area contributed by atoms with Crippen LogP contribution >= 0.6 is 11.6 Å². The lowest BCUT2D eigenvalue weighted by Gasteiger charge is -2.09. The van der Waals surface area contributed by atoms with Crippen molar-refractivity contribution in [2.24, 2.45) is 0 Å². The molecule has 0 saturated carbocycles. The van der Waals surface area contributed by atoms with Crippen LogP contribution in [0.2, 0.25) is 5.02 Å². The van der Waals surface area contributed by atoms with E-state index in [-0.39, 0.29) is 33.6 Å². The van der Waals surface area contributed by atoms with Crippen molar-refractivity contribution in [3.8, 4) is 11.5 Å². The third-order valence-corrected chi connectivity index (χ3v) is 5.16. The summed E-state index contributed by atoms with van der Waals surface area (Å²) in [6.07, 6.45) is 0. The van der Waals surface area contributed by atoms with Crippen LogP contribution in [0.5, 0.6) is 11.5 Å². The normalized spacial score (nSPS) is 11.2. The standard InChI is InChI=1S/C15H13ClO6S/c16-12-3-1-2-4-14(12)23(20,21)8-7-22-10-5-6-13(17)11(9-10)15(18)19/h1-6,9,17H,7-8H2,(H,18,19). The van der Waals surface area contributed by atoms with E-state index in [0.717, 1.165) is 6.07 Å². The summed E-state index contributed by atoms with van der Waals surface area (Å²) in [5.74, 6) is -1.88. The molecule has 0 amide bonds. The van der Waals surface area contributed by atoms with Crippen molar-refractivity contribution >= 4 is 27.4 Å². The molecule has 23 heavy (non-hydrogen) atoms. The number of aromatic hydroxyl groups is 1. The maximum absolute atomic E-state index is 12.2. The molecule has 0 aliphatic heterocycles. The topological polar surface area (TPSA) is 101 Å². The molecular formula is C15H13ClO6S. The fourth-order valence-electron chi connectivity index (χ4n) is 1.85. The molecule has 6 nitrogen and oxygen atoms in total. The van der Waals surface area contributed by atoms with E-state index < -0.39 is 21.6 Å². The average Bonchev–Trinajstić information content (AvgIpc) is 2.48. The Morgan fingerprint density at radius 3 is 2.52 bits per heavy atom. The molecule has 0 heterocycles. The Hall–Kier alpha value is -2.25. The van der Waals surface area contributed by atoms with Gasteiger partial charge in [-0.25, -0.2) is 13.2 Å². The van der Waals surface area contributed by atoms with Crippen molar-refractivity contribution in [1.29, 1.82) is 0 Å². The highest BCUT2D eigenvalue weighted by atomic mass is 35.5. The molecule has 0 aliphatic carbocycles. The molecule has 2 aromatic carbocycles. The summed E-state index contributed by atoms with van der Waals surface area (Å²) in [5, 5.41) is 18.4. The Morgan fingerprint density at radius 2 is 1.87 bits per heavy atom. The molecule has 8 heteroatoms. The van der Waals surface area contributed by atoms with Crippen molar-refractivity contribution in [1.82, 2.24) is 0 Å². The molecule has 0 aromatic heterocycles.